The van der Waals surface area contributed by atoms with E-state index in [0.717, 1.165) is 0 Å². The van der Waals surface area contributed by atoms with Gasteiger partial charge in [-0.1, -0.05) is 30.3 Å². The second-order valence-corrected chi connectivity index (χ2v) is 3.82. The Balaban J connectivity index is 2.47. The maximum atomic E-state index is 5.83. The Morgan fingerprint density at radius 2 is 1.85 bits per heavy atom. The van der Waals surface area contributed by atoms with Crippen LogP contribution in [0.2, 0.25) is 0 Å². The highest BCUT2D eigenvalue weighted by Gasteiger charge is 2.03. The Kier molecular flexibility index (Phi) is 2.67. The van der Waals surface area contributed by atoms with Gasteiger partial charge in [0.2, 0.25) is 0 Å². The summed E-state index contributed by atoms with van der Waals surface area (Å²) in [6, 6.07) is 10.3. The van der Waals surface area contributed by atoms with Gasteiger partial charge in [-0.05, 0) is 27.5 Å². The predicted octanol–water partition coefficient (Wildman–Crippen LogP) is 4.15. The molecule has 0 aliphatic rings. The number of halogens is 1. The van der Waals surface area contributed by atoms with Gasteiger partial charge in [0.25, 0.3) is 0 Å². The fraction of sp³-hybridized carbons (Fsp3) is 0.0909. The summed E-state index contributed by atoms with van der Waals surface area (Å²) < 4.78 is 0. The van der Waals surface area contributed by atoms with Crippen LogP contribution in [0, 0.1) is 0 Å². The van der Waals surface area contributed by atoms with E-state index in [4.69, 9.17) is 11.6 Å². The molecule has 0 bridgehead atoms. The van der Waals surface area contributed by atoms with Gasteiger partial charge in [-0.2, -0.15) is 11.3 Å². The predicted molar refractivity (Wildman–Crippen MR) is 59.3 cm³/mol. The van der Waals surface area contributed by atoms with Gasteiger partial charge in [0.15, 0.2) is 0 Å². The van der Waals surface area contributed by atoms with Crippen LogP contribution in [-0.4, -0.2) is 0 Å². The van der Waals surface area contributed by atoms with Crippen LogP contribution in [0.25, 0.3) is 11.1 Å². The molecule has 0 aliphatic carbocycles. The van der Waals surface area contributed by atoms with Crippen molar-refractivity contribution in [2.24, 2.45) is 0 Å². The first-order valence-electron chi connectivity index (χ1n) is 4.08. The lowest BCUT2D eigenvalue weighted by atomic mass is 10.1. The molecule has 1 heterocycles. The third kappa shape index (κ3) is 1.77. The van der Waals surface area contributed by atoms with Crippen molar-refractivity contribution >= 4 is 22.9 Å². The molecule has 0 unspecified atom stereocenters. The van der Waals surface area contributed by atoms with Gasteiger partial charge < -0.3 is 0 Å². The zero-order chi connectivity index (χ0) is 9.10. The van der Waals surface area contributed by atoms with Crippen LogP contribution in [0.4, 0.5) is 0 Å². The topological polar surface area (TPSA) is 0 Å². The van der Waals surface area contributed by atoms with E-state index in [9.17, 15) is 0 Å². The number of benzene rings is 1. The summed E-state index contributed by atoms with van der Waals surface area (Å²) in [5.74, 6) is 0.591. The second-order valence-electron chi connectivity index (χ2n) is 2.81. The Bertz CT molecular complexity index is 378. The van der Waals surface area contributed by atoms with Gasteiger partial charge in [0.05, 0.1) is 0 Å². The van der Waals surface area contributed by atoms with Crippen molar-refractivity contribution in [3.05, 3.63) is 46.7 Å². The van der Waals surface area contributed by atoms with Gasteiger partial charge in [-0.25, -0.2) is 0 Å². The van der Waals surface area contributed by atoms with Gasteiger partial charge in [0.1, 0.15) is 0 Å². The van der Waals surface area contributed by atoms with Crippen molar-refractivity contribution in [2.75, 3.05) is 0 Å². The van der Waals surface area contributed by atoms with E-state index < -0.39 is 0 Å². The van der Waals surface area contributed by atoms with Crippen molar-refractivity contribution < 1.29 is 0 Å². The number of rotatable bonds is 2. The monoisotopic (exact) mass is 208 g/mol. The standard InChI is InChI=1S/C11H9ClS/c12-6-10-7-13-8-11(10)9-4-2-1-3-5-9/h1-5,7-8H,6H2. The van der Waals surface area contributed by atoms with E-state index in [1.807, 2.05) is 18.2 Å². The molecule has 1 aromatic heterocycles. The summed E-state index contributed by atoms with van der Waals surface area (Å²) in [4.78, 5) is 0. The molecular weight excluding hydrogens is 200 g/mol. The summed E-state index contributed by atoms with van der Waals surface area (Å²) in [5, 5.41) is 4.25. The van der Waals surface area contributed by atoms with Crippen molar-refractivity contribution in [1.82, 2.24) is 0 Å². The molecule has 0 fully saturated rings. The fourth-order valence-corrected chi connectivity index (χ4v) is 2.48. The third-order valence-electron chi connectivity index (χ3n) is 1.97. The molecule has 0 aliphatic heterocycles. The van der Waals surface area contributed by atoms with E-state index in [1.165, 1.54) is 16.7 Å². The molecule has 0 saturated heterocycles. The highest BCUT2D eigenvalue weighted by molar-refractivity contribution is 7.08. The Morgan fingerprint density at radius 1 is 1.08 bits per heavy atom. The van der Waals surface area contributed by atoms with Crippen LogP contribution in [0.5, 0.6) is 0 Å². The summed E-state index contributed by atoms with van der Waals surface area (Å²) in [7, 11) is 0. The third-order valence-corrected chi connectivity index (χ3v) is 3.05. The molecule has 0 spiro atoms. The Hall–Kier alpha value is -0.790. The first-order valence-corrected chi connectivity index (χ1v) is 5.56. The number of thiophene rings is 1. The summed E-state index contributed by atoms with van der Waals surface area (Å²) >= 11 is 7.53. The average molecular weight is 209 g/mol. The fourth-order valence-electron chi connectivity index (χ4n) is 1.30. The van der Waals surface area contributed by atoms with Crippen LogP contribution in [-0.2, 0) is 5.88 Å². The summed E-state index contributed by atoms with van der Waals surface area (Å²) in [6.07, 6.45) is 0. The molecular formula is C11H9ClS. The average Bonchev–Trinajstić information content (AvgIpc) is 2.67. The molecule has 0 nitrogen and oxygen atoms in total. The van der Waals surface area contributed by atoms with Crippen molar-refractivity contribution in [1.29, 1.82) is 0 Å². The first-order chi connectivity index (χ1) is 6.42. The zero-order valence-corrected chi connectivity index (χ0v) is 8.61. The molecule has 0 N–H and O–H groups in total. The number of hydrogen-bond acceptors (Lipinski definition) is 1. The molecule has 2 heteroatoms. The summed E-state index contributed by atoms with van der Waals surface area (Å²) in [6.45, 7) is 0. The summed E-state index contributed by atoms with van der Waals surface area (Å²) in [5.41, 5.74) is 3.73. The SMILES string of the molecule is ClCc1cscc1-c1ccccc1. The maximum absolute atomic E-state index is 5.83. The van der Waals surface area contributed by atoms with Crippen LogP contribution >= 0.6 is 22.9 Å². The van der Waals surface area contributed by atoms with Gasteiger partial charge >= 0.3 is 0 Å². The van der Waals surface area contributed by atoms with E-state index in [-0.39, 0.29) is 0 Å². The van der Waals surface area contributed by atoms with E-state index in [0.29, 0.717) is 5.88 Å². The first kappa shape index (κ1) is 8.79. The van der Waals surface area contributed by atoms with Crippen LogP contribution in [0.1, 0.15) is 5.56 Å². The Labute approximate surface area is 86.8 Å². The maximum Gasteiger partial charge on any atom is 0.0488 e. The van der Waals surface area contributed by atoms with Crippen molar-refractivity contribution in [3.63, 3.8) is 0 Å². The van der Waals surface area contributed by atoms with Crippen LogP contribution in [0.3, 0.4) is 0 Å². The normalized spacial score (nSPS) is 10.2. The molecule has 0 amide bonds. The molecule has 0 atom stereocenters. The molecule has 2 aromatic rings. The smallest absolute Gasteiger partial charge is 0.0488 e. The minimum atomic E-state index is 0.591. The molecule has 0 radical (unpaired) electrons. The molecule has 0 saturated carbocycles. The van der Waals surface area contributed by atoms with E-state index in [2.05, 4.69) is 22.9 Å². The molecule has 13 heavy (non-hydrogen) atoms. The lowest BCUT2D eigenvalue weighted by molar-refractivity contribution is 1.45. The molecule has 1 aromatic carbocycles. The van der Waals surface area contributed by atoms with Gasteiger partial charge in [-0.15, -0.1) is 11.6 Å². The molecule has 2 rings (SSSR count). The van der Waals surface area contributed by atoms with Crippen LogP contribution < -0.4 is 0 Å². The quantitative estimate of drug-likeness (QED) is 0.651. The number of hydrogen-bond donors (Lipinski definition) is 0. The number of alkyl halides is 1. The Morgan fingerprint density at radius 3 is 2.54 bits per heavy atom. The van der Waals surface area contributed by atoms with E-state index in [1.54, 1.807) is 11.3 Å². The van der Waals surface area contributed by atoms with Gasteiger partial charge in [0, 0.05) is 5.88 Å². The highest BCUT2D eigenvalue weighted by atomic mass is 35.5. The minimum absolute atomic E-state index is 0.591. The van der Waals surface area contributed by atoms with E-state index >= 15 is 0 Å². The minimum Gasteiger partial charge on any atom is -0.151 e. The second kappa shape index (κ2) is 3.95. The van der Waals surface area contributed by atoms with Crippen LogP contribution in [0.15, 0.2) is 41.1 Å². The zero-order valence-electron chi connectivity index (χ0n) is 7.03. The van der Waals surface area contributed by atoms with Crippen molar-refractivity contribution in [2.45, 2.75) is 5.88 Å². The lowest BCUT2D eigenvalue weighted by Gasteiger charge is -1.99. The van der Waals surface area contributed by atoms with Crippen molar-refractivity contribution in [3.8, 4) is 11.1 Å². The lowest BCUT2D eigenvalue weighted by Crippen LogP contribution is -1.78. The van der Waals surface area contributed by atoms with Gasteiger partial charge in [-0.3, -0.25) is 0 Å². The highest BCUT2D eigenvalue weighted by Crippen LogP contribution is 2.28. The largest absolute Gasteiger partial charge is 0.151 e. The molecule has 66 valence electrons.